The Kier molecular flexibility index (Phi) is 5.09. The first-order chi connectivity index (χ1) is 12.5. The van der Waals surface area contributed by atoms with Gasteiger partial charge in [-0.1, -0.05) is 25.5 Å². The van der Waals surface area contributed by atoms with Crippen LogP contribution >= 0.6 is 0 Å². The zero-order valence-corrected chi connectivity index (χ0v) is 17.4. The lowest BCUT2D eigenvalue weighted by Crippen LogP contribution is -2.50. The van der Waals surface area contributed by atoms with Crippen molar-refractivity contribution in [2.24, 2.45) is 45.2 Å². The fourth-order valence-electron chi connectivity index (χ4n) is 7.90. The van der Waals surface area contributed by atoms with Crippen LogP contribution in [0.2, 0.25) is 0 Å². The molecule has 6 atom stereocenters. The van der Waals surface area contributed by atoms with Gasteiger partial charge < -0.3 is 5.73 Å². The number of nitrogens with zero attached hydrogens (tertiary/aromatic N) is 1. The van der Waals surface area contributed by atoms with Gasteiger partial charge in [-0.3, -0.25) is 4.99 Å². The normalized spacial score (nSPS) is 45.5. The summed E-state index contributed by atoms with van der Waals surface area (Å²) in [4.78, 5) is 4.94. The Balaban J connectivity index is 1.56. The molecular weight excluding hydrogens is 316 g/mol. The fraction of sp³-hybridized carbons (Fsp3) is 0.875. The first-order valence-corrected chi connectivity index (χ1v) is 11.4. The van der Waals surface area contributed by atoms with E-state index >= 15 is 0 Å². The van der Waals surface area contributed by atoms with Crippen molar-refractivity contribution in [2.45, 2.75) is 85.0 Å². The van der Waals surface area contributed by atoms with Crippen LogP contribution in [0.4, 0.5) is 0 Å². The zero-order chi connectivity index (χ0) is 18.4. The molecule has 146 valence electrons. The van der Waals surface area contributed by atoms with Gasteiger partial charge in [-0.25, -0.2) is 0 Å². The number of hydrogen-bond acceptors (Lipinski definition) is 2. The van der Waals surface area contributed by atoms with E-state index in [-0.39, 0.29) is 0 Å². The number of nitrogens with two attached hydrogens (primary N) is 1. The highest BCUT2D eigenvalue weighted by Gasteiger charge is 2.58. The molecule has 0 aliphatic heterocycles. The van der Waals surface area contributed by atoms with Crippen LogP contribution in [0.5, 0.6) is 0 Å². The number of hydrogen-bond donors (Lipinski definition) is 1. The molecule has 2 N–H and O–H groups in total. The second-order valence-corrected chi connectivity index (χ2v) is 10.3. The lowest BCUT2D eigenvalue weighted by molar-refractivity contribution is -0.0431. The van der Waals surface area contributed by atoms with E-state index in [1.54, 1.807) is 0 Å². The number of allylic oxidation sites excluding steroid dienone is 2. The average molecular weight is 357 g/mol. The molecule has 0 bridgehead atoms. The van der Waals surface area contributed by atoms with Crippen molar-refractivity contribution in [2.75, 3.05) is 13.1 Å². The van der Waals surface area contributed by atoms with Crippen LogP contribution in [0.3, 0.4) is 0 Å². The molecule has 3 fully saturated rings. The minimum atomic E-state index is 0.504. The molecule has 0 aromatic carbocycles. The van der Waals surface area contributed by atoms with Crippen molar-refractivity contribution < 1.29 is 0 Å². The Labute approximate surface area is 161 Å². The second-order valence-electron chi connectivity index (χ2n) is 10.3. The molecule has 6 unspecified atom stereocenters. The van der Waals surface area contributed by atoms with Gasteiger partial charge in [-0.05, 0) is 106 Å². The molecule has 0 saturated heterocycles. The van der Waals surface area contributed by atoms with Gasteiger partial charge in [0.15, 0.2) is 0 Å². The van der Waals surface area contributed by atoms with E-state index in [9.17, 15) is 0 Å². The Morgan fingerprint density at radius 1 is 1.15 bits per heavy atom. The van der Waals surface area contributed by atoms with E-state index in [0.29, 0.717) is 10.8 Å². The summed E-state index contributed by atoms with van der Waals surface area (Å²) in [6.07, 6.45) is 16.4. The van der Waals surface area contributed by atoms with Crippen LogP contribution in [-0.4, -0.2) is 18.8 Å². The maximum absolute atomic E-state index is 5.67. The van der Waals surface area contributed by atoms with Crippen molar-refractivity contribution in [3.05, 3.63) is 11.6 Å². The first kappa shape index (κ1) is 18.7. The molecule has 0 spiro atoms. The Bertz CT molecular complexity index is 591. The van der Waals surface area contributed by atoms with Crippen molar-refractivity contribution in [1.29, 1.82) is 0 Å². The number of aliphatic imine (C=N–C) groups is 1. The van der Waals surface area contributed by atoms with Crippen molar-refractivity contribution in [3.8, 4) is 0 Å². The van der Waals surface area contributed by atoms with E-state index in [4.69, 9.17) is 10.7 Å². The van der Waals surface area contributed by atoms with Gasteiger partial charge in [-0.2, -0.15) is 0 Å². The summed E-state index contributed by atoms with van der Waals surface area (Å²) in [7, 11) is 0. The predicted octanol–water partition coefficient (Wildman–Crippen LogP) is 5.77. The van der Waals surface area contributed by atoms with Crippen LogP contribution in [0.25, 0.3) is 0 Å². The van der Waals surface area contributed by atoms with Crippen LogP contribution < -0.4 is 5.73 Å². The largest absolute Gasteiger partial charge is 0.330 e. The Hall–Kier alpha value is -0.630. The molecule has 4 aliphatic carbocycles. The van der Waals surface area contributed by atoms with Crippen LogP contribution in [0.1, 0.15) is 85.0 Å². The molecule has 4 aliphatic rings. The number of fused-ring (bicyclic) bond motifs is 5. The molecule has 2 heteroatoms. The summed E-state index contributed by atoms with van der Waals surface area (Å²) in [6.45, 7) is 9.26. The minimum Gasteiger partial charge on any atom is -0.330 e. The summed E-state index contributed by atoms with van der Waals surface area (Å²) < 4.78 is 0. The molecule has 0 aromatic rings. The van der Waals surface area contributed by atoms with E-state index in [2.05, 4.69) is 26.8 Å². The molecule has 2 nitrogen and oxygen atoms in total. The quantitative estimate of drug-likeness (QED) is 0.388. The van der Waals surface area contributed by atoms with Crippen LogP contribution in [-0.2, 0) is 0 Å². The Morgan fingerprint density at radius 3 is 2.81 bits per heavy atom. The molecule has 26 heavy (non-hydrogen) atoms. The van der Waals surface area contributed by atoms with Gasteiger partial charge in [0.2, 0.25) is 0 Å². The minimum absolute atomic E-state index is 0.504. The molecule has 3 saturated carbocycles. The molecule has 0 heterocycles. The zero-order valence-electron chi connectivity index (χ0n) is 17.4. The van der Waals surface area contributed by atoms with Gasteiger partial charge in [0.05, 0.1) is 0 Å². The highest BCUT2D eigenvalue weighted by Crippen LogP contribution is 2.66. The molecule has 0 amide bonds. The van der Waals surface area contributed by atoms with E-state index < -0.39 is 0 Å². The van der Waals surface area contributed by atoms with Crippen molar-refractivity contribution >= 4 is 5.71 Å². The van der Waals surface area contributed by atoms with Crippen LogP contribution in [0.15, 0.2) is 16.6 Å². The highest BCUT2D eigenvalue weighted by atomic mass is 14.8. The standard InChI is InChI=1S/C24H40N2/c1-17(26-16-6-15-25)20-10-11-21-19-9-8-18-7-4-5-13-23(18,2)22(19)12-14-24(20,21)3/h7,19-22H,4-6,8-16,25H2,1-3H3. The molecule has 0 radical (unpaired) electrons. The van der Waals surface area contributed by atoms with Gasteiger partial charge >= 0.3 is 0 Å². The predicted molar refractivity (Wildman–Crippen MR) is 111 cm³/mol. The topological polar surface area (TPSA) is 38.4 Å². The summed E-state index contributed by atoms with van der Waals surface area (Å²) >= 11 is 0. The van der Waals surface area contributed by atoms with Gasteiger partial charge in [-0.15, -0.1) is 0 Å². The smallest absolute Gasteiger partial charge is 0.0400 e. The van der Waals surface area contributed by atoms with Gasteiger partial charge in [0, 0.05) is 18.2 Å². The maximum atomic E-state index is 5.67. The van der Waals surface area contributed by atoms with E-state index in [1.807, 2.05) is 5.57 Å². The third kappa shape index (κ3) is 2.82. The average Bonchev–Trinajstić information content (AvgIpc) is 2.98. The second kappa shape index (κ2) is 7.08. The fourth-order valence-corrected chi connectivity index (χ4v) is 7.90. The summed E-state index contributed by atoms with van der Waals surface area (Å²) in [5.41, 5.74) is 9.97. The molecule has 0 aromatic heterocycles. The summed E-state index contributed by atoms with van der Waals surface area (Å²) in [6, 6.07) is 0. The summed E-state index contributed by atoms with van der Waals surface area (Å²) in [5, 5.41) is 0. The van der Waals surface area contributed by atoms with Gasteiger partial charge in [0.25, 0.3) is 0 Å². The van der Waals surface area contributed by atoms with Gasteiger partial charge in [0.1, 0.15) is 0 Å². The molecule has 4 rings (SSSR count). The Morgan fingerprint density at radius 2 is 2.00 bits per heavy atom. The lowest BCUT2D eigenvalue weighted by atomic mass is 9.47. The van der Waals surface area contributed by atoms with E-state index in [1.165, 1.54) is 63.5 Å². The number of rotatable bonds is 4. The van der Waals surface area contributed by atoms with Crippen molar-refractivity contribution in [3.63, 3.8) is 0 Å². The summed E-state index contributed by atoms with van der Waals surface area (Å²) in [5.74, 6) is 3.58. The third-order valence-electron chi connectivity index (χ3n) is 9.25. The van der Waals surface area contributed by atoms with Crippen LogP contribution in [0, 0.1) is 34.5 Å². The maximum Gasteiger partial charge on any atom is 0.0400 e. The first-order valence-electron chi connectivity index (χ1n) is 11.4. The van der Waals surface area contributed by atoms with E-state index in [0.717, 1.165) is 43.2 Å². The third-order valence-corrected chi connectivity index (χ3v) is 9.25. The SMILES string of the molecule is CC(=NCCCN)C1CCC2C3CCC4=CCCCC4(C)C3CCC12C. The van der Waals surface area contributed by atoms with Crippen molar-refractivity contribution in [1.82, 2.24) is 0 Å². The monoisotopic (exact) mass is 356 g/mol. The molecular formula is C24H40N2. The highest BCUT2D eigenvalue weighted by molar-refractivity contribution is 5.85. The lowest BCUT2D eigenvalue weighted by Gasteiger charge is -2.58.